The molecule has 0 aliphatic heterocycles. The van der Waals surface area contributed by atoms with Crippen molar-refractivity contribution < 1.29 is 9.90 Å². The van der Waals surface area contributed by atoms with Crippen LogP contribution in [0.3, 0.4) is 0 Å². The standard InChI is InChI=1S/C19H19N3O2/c1-13-14(2)22(12-20-13)18-8-6-17(7-9-18)21-19(24)16-5-3-4-15(10-16)11-23/h3-10,12,23H,11H2,1-2H3,(H,21,24). The Morgan fingerprint density at radius 3 is 2.54 bits per heavy atom. The third-order valence-corrected chi connectivity index (χ3v) is 4.03. The van der Waals surface area contributed by atoms with E-state index in [1.54, 1.807) is 30.6 Å². The molecule has 0 aliphatic rings. The highest BCUT2D eigenvalue weighted by molar-refractivity contribution is 6.04. The number of aryl methyl sites for hydroxylation is 1. The summed E-state index contributed by atoms with van der Waals surface area (Å²) >= 11 is 0. The van der Waals surface area contributed by atoms with Gasteiger partial charge in [0.1, 0.15) is 0 Å². The number of imidazole rings is 1. The molecule has 24 heavy (non-hydrogen) atoms. The van der Waals surface area contributed by atoms with Crippen LogP contribution >= 0.6 is 0 Å². The third-order valence-electron chi connectivity index (χ3n) is 4.03. The Morgan fingerprint density at radius 1 is 1.17 bits per heavy atom. The summed E-state index contributed by atoms with van der Waals surface area (Å²) in [7, 11) is 0. The second kappa shape index (κ2) is 6.68. The van der Waals surface area contributed by atoms with Gasteiger partial charge in [0.25, 0.3) is 5.91 Å². The highest BCUT2D eigenvalue weighted by Gasteiger charge is 2.08. The fraction of sp³-hybridized carbons (Fsp3) is 0.158. The van der Waals surface area contributed by atoms with Crippen LogP contribution in [0.5, 0.6) is 0 Å². The second-order valence-electron chi connectivity index (χ2n) is 5.64. The number of carbonyl (C=O) groups is 1. The maximum Gasteiger partial charge on any atom is 0.255 e. The van der Waals surface area contributed by atoms with Crippen molar-refractivity contribution in [1.29, 1.82) is 0 Å². The van der Waals surface area contributed by atoms with Crippen molar-refractivity contribution in [2.45, 2.75) is 20.5 Å². The quantitative estimate of drug-likeness (QED) is 0.775. The second-order valence-corrected chi connectivity index (χ2v) is 5.64. The van der Waals surface area contributed by atoms with E-state index in [0.29, 0.717) is 16.8 Å². The number of carbonyl (C=O) groups excluding carboxylic acids is 1. The molecule has 0 aliphatic carbocycles. The average Bonchev–Trinajstić information content (AvgIpc) is 2.95. The smallest absolute Gasteiger partial charge is 0.255 e. The lowest BCUT2D eigenvalue weighted by Gasteiger charge is -2.09. The maximum atomic E-state index is 12.3. The predicted molar refractivity (Wildman–Crippen MR) is 93.4 cm³/mol. The molecule has 0 spiro atoms. The summed E-state index contributed by atoms with van der Waals surface area (Å²) in [5, 5.41) is 12.0. The first kappa shape index (κ1) is 16.0. The van der Waals surface area contributed by atoms with Crippen LogP contribution in [0.15, 0.2) is 54.9 Å². The number of anilines is 1. The van der Waals surface area contributed by atoms with E-state index in [0.717, 1.165) is 17.1 Å². The molecular weight excluding hydrogens is 302 g/mol. The Morgan fingerprint density at radius 2 is 1.92 bits per heavy atom. The largest absolute Gasteiger partial charge is 0.392 e. The molecule has 1 amide bonds. The van der Waals surface area contributed by atoms with E-state index in [1.807, 2.05) is 42.7 Å². The first-order valence-electron chi connectivity index (χ1n) is 7.70. The van der Waals surface area contributed by atoms with E-state index in [1.165, 1.54) is 0 Å². The average molecular weight is 321 g/mol. The zero-order chi connectivity index (χ0) is 17.1. The van der Waals surface area contributed by atoms with E-state index in [2.05, 4.69) is 10.3 Å². The molecule has 1 aromatic heterocycles. The number of aliphatic hydroxyl groups excluding tert-OH is 1. The minimum atomic E-state index is -0.201. The van der Waals surface area contributed by atoms with Gasteiger partial charge in [-0.05, 0) is 55.8 Å². The highest BCUT2D eigenvalue weighted by atomic mass is 16.3. The van der Waals surface area contributed by atoms with Crippen LogP contribution in [-0.4, -0.2) is 20.6 Å². The van der Waals surface area contributed by atoms with Gasteiger partial charge in [-0.1, -0.05) is 12.1 Å². The highest BCUT2D eigenvalue weighted by Crippen LogP contribution is 2.17. The van der Waals surface area contributed by atoms with E-state index in [9.17, 15) is 4.79 Å². The van der Waals surface area contributed by atoms with Crippen molar-refractivity contribution in [2.24, 2.45) is 0 Å². The number of nitrogens with zero attached hydrogens (tertiary/aromatic N) is 2. The number of aromatic nitrogens is 2. The normalized spacial score (nSPS) is 10.6. The summed E-state index contributed by atoms with van der Waals surface area (Å²) in [6, 6.07) is 14.5. The Labute approximate surface area is 140 Å². The molecule has 2 N–H and O–H groups in total. The van der Waals surface area contributed by atoms with Crippen LogP contribution in [0, 0.1) is 13.8 Å². The predicted octanol–water partition coefficient (Wildman–Crippen LogP) is 3.23. The number of rotatable bonds is 4. The van der Waals surface area contributed by atoms with Crippen molar-refractivity contribution in [1.82, 2.24) is 9.55 Å². The topological polar surface area (TPSA) is 67.2 Å². The summed E-state index contributed by atoms with van der Waals surface area (Å²) in [6.07, 6.45) is 1.79. The van der Waals surface area contributed by atoms with Crippen molar-refractivity contribution in [3.63, 3.8) is 0 Å². The molecule has 5 nitrogen and oxygen atoms in total. The molecule has 1 heterocycles. The molecule has 122 valence electrons. The summed E-state index contributed by atoms with van der Waals surface area (Å²) in [5.74, 6) is -0.201. The number of aliphatic hydroxyl groups is 1. The number of benzene rings is 2. The van der Waals surface area contributed by atoms with Gasteiger partial charge < -0.3 is 15.0 Å². The maximum absolute atomic E-state index is 12.3. The zero-order valence-electron chi connectivity index (χ0n) is 13.7. The first-order valence-corrected chi connectivity index (χ1v) is 7.70. The lowest BCUT2D eigenvalue weighted by Crippen LogP contribution is -2.12. The van der Waals surface area contributed by atoms with E-state index in [4.69, 9.17) is 5.11 Å². The van der Waals surface area contributed by atoms with Crippen LogP contribution in [0.1, 0.15) is 27.3 Å². The van der Waals surface area contributed by atoms with Gasteiger partial charge in [-0.15, -0.1) is 0 Å². The summed E-state index contributed by atoms with van der Waals surface area (Å²) in [6.45, 7) is 3.91. The number of hydrogen-bond donors (Lipinski definition) is 2. The summed E-state index contributed by atoms with van der Waals surface area (Å²) in [5.41, 5.74) is 5.03. The van der Waals surface area contributed by atoms with Gasteiger partial charge in [-0.2, -0.15) is 0 Å². The van der Waals surface area contributed by atoms with Crippen molar-refractivity contribution in [2.75, 3.05) is 5.32 Å². The molecule has 3 aromatic rings. The first-order chi connectivity index (χ1) is 11.6. The molecule has 0 bridgehead atoms. The molecule has 0 atom stereocenters. The van der Waals surface area contributed by atoms with Crippen molar-refractivity contribution in [3.05, 3.63) is 77.4 Å². The molecule has 0 fully saturated rings. The van der Waals surface area contributed by atoms with Crippen LogP contribution in [0.25, 0.3) is 5.69 Å². The molecular formula is C19H19N3O2. The fourth-order valence-corrected chi connectivity index (χ4v) is 2.48. The number of amides is 1. The van der Waals surface area contributed by atoms with Crippen LogP contribution < -0.4 is 5.32 Å². The fourth-order valence-electron chi connectivity index (χ4n) is 2.48. The minimum Gasteiger partial charge on any atom is -0.392 e. The van der Waals surface area contributed by atoms with Gasteiger partial charge in [0, 0.05) is 22.6 Å². The van der Waals surface area contributed by atoms with E-state index < -0.39 is 0 Å². The Balaban J connectivity index is 1.76. The van der Waals surface area contributed by atoms with Gasteiger partial charge in [-0.3, -0.25) is 4.79 Å². The van der Waals surface area contributed by atoms with Gasteiger partial charge in [0.05, 0.1) is 18.6 Å². The van der Waals surface area contributed by atoms with E-state index >= 15 is 0 Å². The van der Waals surface area contributed by atoms with Gasteiger partial charge in [0.2, 0.25) is 0 Å². The molecule has 0 saturated carbocycles. The molecule has 3 rings (SSSR count). The van der Waals surface area contributed by atoms with Crippen LogP contribution in [0.4, 0.5) is 5.69 Å². The lowest BCUT2D eigenvalue weighted by molar-refractivity contribution is 0.102. The van der Waals surface area contributed by atoms with Crippen LogP contribution in [-0.2, 0) is 6.61 Å². The molecule has 0 radical (unpaired) electrons. The molecule has 0 saturated heterocycles. The Hall–Kier alpha value is -2.92. The van der Waals surface area contributed by atoms with Crippen molar-refractivity contribution in [3.8, 4) is 5.69 Å². The van der Waals surface area contributed by atoms with Crippen LogP contribution in [0.2, 0.25) is 0 Å². The summed E-state index contributed by atoms with van der Waals surface area (Å²) < 4.78 is 2.01. The monoisotopic (exact) mass is 321 g/mol. The van der Waals surface area contributed by atoms with Gasteiger partial charge >= 0.3 is 0 Å². The van der Waals surface area contributed by atoms with Gasteiger partial charge in [-0.25, -0.2) is 4.98 Å². The van der Waals surface area contributed by atoms with E-state index in [-0.39, 0.29) is 12.5 Å². The Bertz CT molecular complexity index is 867. The Kier molecular flexibility index (Phi) is 4.44. The SMILES string of the molecule is Cc1ncn(-c2ccc(NC(=O)c3cccc(CO)c3)cc2)c1C. The lowest BCUT2D eigenvalue weighted by atomic mass is 10.1. The molecule has 0 unspecified atom stereocenters. The number of hydrogen-bond acceptors (Lipinski definition) is 3. The zero-order valence-corrected chi connectivity index (χ0v) is 13.7. The van der Waals surface area contributed by atoms with Crippen molar-refractivity contribution >= 4 is 11.6 Å². The minimum absolute atomic E-state index is 0.0838. The van der Waals surface area contributed by atoms with Gasteiger partial charge in [0.15, 0.2) is 0 Å². The number of nitrogens with one attached hydrogen (secondary N) is 1. The molecule has 2 aromatic carbocycles. The summed E-state index contributed by atoms with van der Waals surface area (Å²) in [4.78, 5) is 16.6. The molecule has 5 heteroatoms. The third kappa shape index (κ3) is 3.21.